The lowest BCUT2D eigenvalue weighted by Gasteiger charge is -2.39. The molecule has 3 rings (SSSR count). The highest BCUT2D eigenvalue weighted by atomic mass is 35.5. The van der Waals surface area contributed by atoms with E-state index >= 15 is 0 Å². The standard InChI is InChI=1S/C18H26ClN3O2.2ClH/c1-14(15-12-20-13-15)18(23)22-8-6-21(7-9-22)10-11-24-17-4-2-16(19)3-5-17;;/h2-5,14-15,20H,6-13H2,1H3;2*1H. The minimum Gasteiger partial charge on any atom is -0.492 e. The van der Waals surface area contributed by atoms with Crippen LogP contribution in [0.2, 0.25) is 5.02 Å². The molecule has 0 bridgehead atoms. The van der Waals surface area contributed by atoms with Crippen LogP contribution in [0, 0.1) is 11.8 Å². The van der Waals surface area contributed by atoms with E-state index < -0.39 is 0 Å². The van der Waals surface area contributed by atoms with Gasteiger partial charge in [-0.3, -0.25) is 9.69 Å². The van der Waals surface area contributed by atoms with Crippen LogP contribution in [0.4, 0.5) is 0 Å². The van der Waals surface area contributed by atoms with Crippen molar-refractivity contribution in [3.63, 3.8) is 0 Å². The van der Waals surface area contributed by atoms with Gasteiger partial charge in [-0.2, -0.15) is 0 Å². The van der Waals surface area contributed by atoms with Crippen LogP contribution in [0.1, 0.15) is 6.92 Å². The maximum atomic E-state index is 12.5. The van der Waals surface area contributed by atoms with Crippen LogP contribution in [0.3, 0.4) is 0 Å². The van der Waals surface area contributed by atoms with E-state index in [1.807, 2.05) is 29.2 Å². The Balaban J connectivity index is 0.00000169. The molecule has 5 nitrogen and oxygen atoms in total. The van der Waals surface area contributed by atoms with Crippen LogP contribution in [0.15, 0.2) is 24.3 Å². The highest BCUT2D eigenvalue weighted by Gasteiger charge is 2.32. The van der Waals surface area contributed by atoms with Gasteiger partial charge in [-0.25, -0.2) is 0 Å². The molecule has 148 valence electrons. The molecule has 0 aromatic heterocycles. The van der Waals surface area contributed by atoms with Crippen molar-refractivity contribution in [1.82, 2.24) is 15.1 Å². The first-order valence-electron chi connectivity index (χ1n) is 8.73. The van der Waals surface area contributed by atoms with Gasteiger partial charge in [-0.1, -0.05) is 18.5 Å². The normalized spacial score (nSPS) is 18.9. The van der Waals surface area contributed by atoms with Crippen molar-refractivity contribution in [3.05, 3.63) is 29.3 Å². The van der Waals surface area contributed by atoms with Crippen LogP contribution < -0.4 is 10.1 Å². The van der Waals surface area contributed by atoms with E-state index in [1.54, 1.807) is 0 Å². The minimum absolute atomic E-state index is 0. The molecule has 2 heterocycles. The molecule has 0 radical (unpaired) electrons. The number of amides is 1. The van der Waals surface area contributed by atoms with Crippen molar-refractivity contribution in [3.8, 4) is 5.75 Å². The molecule has 1 aromatic carbocycles. The van der Waals surface area contributed by atoms with E-state index in [0.717, 1.165) is 56.6 Å². The quantitative estimate of drug-likeness (QED) is 0.762. The Kier molecular flexibility index (Phi) is 10.0. The molecule has 2 fully saturated rings. The number of carbonyl (C=O) groups excluding carboxylic acids is 1. The van der Waals surface area contributed by atoms with Gasteiger partial charge in [-0.15, -0.1) is 24.8 Å². The van der Waals surface area contributed by atoms with Gasteiger partial charge in [0.25, 0.3) is 0 Å². The van der Waals surface area contributed by atoms with Crippen LogP contribution >= 0.6 is 36.4 Å². The van der Waals surface area contributed by atoms with Crippen LogP contribution in [0.5, 0.6) is 5.75 Å². The zero-order chi connectivity index (χ0) is 16.9. The Morgan fingerprint density at radius 2 is 1.81 bits per heavy atom. The fraction of sp³-hybridized carbons (Fsp3) is 0.611. The van der Waals surface area contributed by atoms with Gasteiger partial charge >= 0.3 is 0 Å². The molecule has 2 saturated heterocycles. The van der Waals surface area contributed by atoms with Gasteiger partial charge in [0.2, 0.25) is 5.91 Å². The molecule has 0 saturated carbocycles. The molecule has 1 N–H and O–H groups in total. The Morgan fingerprint density at radius 3 is 2.35 bits per heavy atom. The van der Waals surface area contributed by atoms with Crippen molar-refractivity contribution in [1.29, 1.82) is 0 Å². The van der Waals surface area contributed by atoms with Crippen molar-refractivity contribution >= 4 is 42.3 Å². The molecule has 26 heavy (non-hydrogen) atoms. The molecular formula is C18H28Cl3N3O2. The number of carbonyl (C=O) groups is 1. The monoisotopic (exact) mass is 423 g/mol. The molecule has 1 aromatic rings. The first-order valence-corrected chi connectivity index (χ1v) is 9.11. The number of nitrogens with zero attached hydrogens (tertiary/aromatic N) is 2. The Morgan fingerprint density at radius 1 is 1.19 bits per heavy atom. The van der Waals surface area contributed by atoms with E-state index in [4.69, 9.17) is 16.3 Å². The molecule has 2 aliphatic heterocycles. The Labute approximate surface area is 173 Å². The van der Waals surface area contributed by atoms with Gasteiger partial charge in [0.05, 0.1) is 0 Å². The summed E-state index contributed by atoms with van der Waals surface area (Å²) in [5.41, 5.74) is 0. The van der Waals surface area contributed by atoms with Crippen LogP contribution in [-0.2, 0) is 4.79 Å². The third-order valence-corrected chi connectivity index (χ3v) is 5.34. The number of hydrogen-bond donors (Lipinski definition) is 1. The van der Waals surface area contributed by atoms with Crippen molar-refractivity contribution in [2.45, 2.75) is 6.92 Å². The molecule has 1 amide bonds. The lowest BCUT2D eigenvalue weighted by atomic mass is 9.88. The lowest BCUT2D eigenvalue weighted by Crippen LogP contribution is -2.54. The summed E-state index contributed by atoms with van der Waals surface area (Å²) in [6.07, 6.45) is 0. The predicted octanol–water partition coefficient (Wildman–Crippen LogP) is 2.56. The summed E-state index contributed by atoms with van der Waals surface area (Å²) < 4.78 is 5.74. The summed E-state index contributed by atoms with van der Waals surface area (Å²) in [6.45, 7) is 9.06. The summed E-state index contributed by atoms with van der Waals surface area (Å²) in [5.74, 6) is 1.82. The van der Waals surface area contributed by atoms with Gasteiger partial charge in [-0.05, 0) is 43.3 Å². The SMILES string of the molecule is CC(C(=O)N1CCN(CCOc2ccc(Cl)cc2)CC1)C1CNC1.Cl.Cl. The second-order valence-electron chi connectivity index (χ2n) is 6.68. The number of halogens is 3. The summed E-state index contributed by atoms with van der Waals surface area (Å²) >= 11 is 5.86. The van der Waals surface area contributed by atoms with E-state index in [9.17, 15) is 4.79 Å². The number of nitrogens with one attached hydrogen (secondary N) is 1. The smallest absolute Gasteiger partial charge is 0.225 e. The van der Waals surface area contributed by atoms with Crippen molar-refractivity contribution in [2.24, 2.45) is 11.8 Å². The highest BCUT2D eigenvalue weighted by molar-refractivity contribution is 6.30. The number of ether oxygens (including phenoxy) is 1. The fourth-order valence-electron chi connectivity index (χ4n) is 3.17. The summed E-state index contributed by atoms with van der Waals surface area (Å²) in [7, 11) is 0. The number of piperazine rings is 1. The molecular weight excluding hydrogens is 397 g/mol. The van der Waals surface area contributed by atoms with E-state index in [-0.39, 0.29) is 30.7 Å². The molecule has 0 spiro atoms. The van der Waals surface area contributed by atoms with Gasteiger partial charge in [0, 0.05) is 43.7 Å². The topological polar surface area (TPSA) is 44.8 Å². The van der Waals surface area contributed by atoms with Gasteiger partial charge in [0.1, 0.15) is 12.4 Å². The van der Waals surface area contributed by atoms with E-state index in [1.165, 1.54) is 0 Å². The first-order chi connectivity index (χ1) is 11.6. The summed E-state index contributed by atoms with van der Waals surface area (Å²) in [4.78, 5) is 16.9. The van der Waals surface area contributed by atoms with Crippen molar-refractivity contribution < 1.29 is 9.53 Å². The number of rotatable bonds is 6. The first kappa shape index (κ1) is 23.3. The van der Waals surface area contributed by atoms with E-state index in [2.05, 4.69) is 17.1 Å². The van der Waals surface area contributed by atoms with Gasteiger partial charge in [0.15, 0.2) is 0 Å². The third kappa shape index (κ3) is 6.17. The number of hydrogen-bond acceptors (Lipinski definition) is 4. The average molecular weight is 425 g/mol. The molecule has 1 atom stereocenters. The molecule has 8 heteroatoms. The average Bonchev–Trinajstić information content (AvgIpc) is 2.55. The molecule has 1 unspecified atom stereocenters. The second-order valence-corrected chi connectivity index (χ2v) is 7.11. The van der Waals surface area contributed by atoms with Gasteiger partial charge < -0.3 is 15.0 Å². The van der Waals surface area contributed by atoms with Crippen LogP contribution in [-0.4, -0.2) is 68.1 Å². The minimum atomic E-state index is 0. The summed E-state index contributed by atoms with van der Waals surface area (Å²) in [6, 6.07) is 7.44. The van der Waals surface area contributed by atoms with Crippen molar-refractivity contribution in [2.75, 3.05) is 52.4 Å². The fourth-order valence-corrected chi connectivity index (χ4v) is 3.30. The van der Waals surface area contributed by atoms with E-state index in [0.29, 0.717) is 18.4 Å². The predicted molar refractivity (Wildman–Crippen MR) is 110 cm³/mol. The lowest BCUT2D eigenvalue weighted by molar-refractivity contribution is -0.139. The largest absolute Gasteiger partial charge is 0.492 e. The van der Waals surface area contributed by atoms with Crippen LogP contribution in [0.25, 0.3) is 0 Å². The third-order valence-electron chi connectivity index (χ3n) is 5.08. The maximum absolute atomic E-state index is 12.5. The second kappa shape index (κ2) is 11.2. The Bertz CT molecular complexity index is 547. The molecule has 2 aliphatic rings. The number of benzene rings is 1. The zero-order valence-corrected chi connectivity index (χ0v) is 17.4. The highest BCUT2D eigenvalue weighted by Crippen LogP contribution is 2.19. The zero-order valence-electron chi connectivity index (χ0n) is 15.0. The maximum Gasteiger partial charge on any atom is 0.225 e. The Hall–Kier alpha value is -0.720. The summed E-state index contributed by atoms with van der Waals surface area (Å²) in [5, 5.41) is 3.96. The molecule has 0 aliphatic carbocycles.